The van der Waals surface area contributed by atoms with Crippen molar-refractivity contribution < 1.29 is 9.84 Å². The second-order valence-corrected chi connectivity index (χ2v) is 4.83. The highest BCUT2D eigenvalue weighted by Gasteiger charge is 2.19. The minimum Gasteiger partial charge on any atom is -0.508 e. The van der Waals surface area contributed by atoms with Crippen molar-refractivity contribution in [2.45, 2.75) is 20.1 Å². The highest BCUT2D eigenvalue weighted by Crippen LogP contribution is 2.32. The number of benzene rings is 1. The van der Waals surface area contributed by atoms with Gasteiger partial charge in [0, 0.05) is 17.5 Å². The van der Waals surface area contributed by atoms with Gasteiger partial charge in [0.05, 0.1) is 23.8 Å². The van der Waals surface area contributed by atoms with Gasteiger partial charge in [-0.15, -0.1) is 0 Å². The lowest BCUT2D eigenvalue weighted by Gasteiger charge is -2.16. The van der Waals surface area contributed by atoms with Crippen molar-refractivity contribution in [1.29, 1.82) is 0 Å². The van der Waals surface area contributed by atoms with E-state index in [1.54, 1.807) is 12.3 Å². The normalized spacial score (nSPS) is 15.0. The molecule has 1 aliphatic rings. The first-order valence-electron chi connectivity index (χ1n) is 6.30. The zero-order valence-corrected chi connectivity index (χ0v) is 10.6. The number of aromatic hydroxyl groups is 1. The molecule has 0 saturated heterocycles. The number of fused-ring (bicyclic) bond motifs is 5. The molecule has 0 atom stereocenters. The topological polar surface area (TPSA) is 60.2 Å². The minimum atomic E-state index is 0.296. The van der Waals surface area contributed by atoms with E-state index < -0.39 is 0 Å². The summed E-state index contributed by atoms with van der Waals surface area (Å²) < 4.78 is 7.61. The summed E-state index contributed by atoms with van der Waals surface area (Å²) in [6.45, 7) is 3.94. The summed E-state index contributed by atoms with van der Waals surface area (Å²) in [5.74, 6) is 1.22. The molecule has 3 aromatic rings. The molecule has 96 valence electrons. The number of imidazole rings is 1. The number of aryl methyl sites for hydroxylation is 1. The van der Waals surface area contributed by atoms with Crippen LogP contribution >= 0.6 is 0 Å². The van der Waals surface area contributed by atoms with E-state index >= 15 is 0 Å². The molecule has 4 rings (SSSR count). The first-order valence-corrected chi connectivity index (χ1v) is 6.30. The third-order valence-electron chi connectivity index (χ3n) is 3.74. The van der Waals surface area contributed by atoms with Crippen LogP contribution in [0.1, 0.15) is 11.4 Å². The third kappa shape index (κ3) is 1.39. The SMILES string of the molecule is Cc1c(O)ccc2ncc3nc4n(c3c12)CCOC4. The van der Waals surface area contributed by atoms with E-state index in [1.165, 1.54) is 0 Å². The molecule has 5 nitrogen and oxygen atoms in total. The summed E-state index contributed by atoms with van der Waals surface area (Å²) >= 11 is 0. The van der Waals surface area contributed by atoms with E-state index in [9.17, 15) is 5.11 Å². The smallest absolute Gasteiger partial charge is 0.136 e. The van der Waals surface area contributed by atoms with Gasteiger partial charge in [0.25, 0.3) is 0 Å². The van der Waals surface area contributed by atoms with E-state index in [4.69, 9.17) is 4.74 Å². The second-order valence-electron chi connectivity index (χ2n) is 4.83. The van der Waals surface area contributed by atoms with Crippen LogP contribution in [0.3, 0.4) is 0 Å². The lowest BCUT2D eigenvalue weighted by atomic mass is 10.1. The summed E-state index contributed by atoms with van der Waals surface area (Å²) in [7, 11) is 0. The molecule has 1 N–H and O–H groups in total. The van der Waals surface area contributed by atoms with Gasteiger partial charge in [-0.1, -0.05) is 0 Å². The summed E-state index contributed by atoms with van der Waals surface area (Å²) in [5.41, 5.74) is 3.65. The minimum absolute atomic E-state index is 0.296. The average Bonchev–Trinajstić information content (AvgIpc) is 2.81. The van der Waals surface area contributed by atoms with Crippen molar-refractivity contribution in [3.8, 4) is 5.75 Å². The van der Waals surface area contributed by atoms with Crippen LogP contribution in [0.15, 0.2) is 18.3 Å². The molecule has 0 aliphatic carbocycles. The summed E-state index contributed by atoms with van der Waals surface area (Å²) in [4.78, 5) is 8.99. The fourth-order valence-corrected chi connectivity index (χ4v) is 2.77. The fourth-order valence-electron chi connectivity index (χ4n) is 2.77. The lowest BCUT2D eigenvalue weighted by molar-refractivity contribution is 0.0831. The van der Waals surface area contributed by atoms with Crippen molar-refractivity contribution in [1.82, 2.24) is 14.5 Å². The number of rotatable bonds is 0. The average molecular weight is 255 g/mol. The van der Waals surface area contributed by atoms with E-state index in [0.717, 1.165) is 39.9 Å². The molecule has 0 saturated carbocycles. The molecule has 1 aliphatic heterocycles. The molecule has 0 unspecified atom stereocenters. The molecule has 0 bridgehead atoms. The van der Waals surface area contributed by atoms with Crippen LogP contribution in [0.25, 0.3) is 21.9 Å². The number of nitrogens with zero attached hydrogens (tertiary/aromatic N) is 3. The van der Waals surface area contributed by atoms with Gasteiger partial charge in [-0.3, -0.25) is 4.98 Å². The van der Waals surface area contributed by atoms with Crippen molar-refractivity contribution >= 4 is 21.9 Å². The number of pyridine rings is 1. The van der Waals surface area contributed by atoms with E-state index in [1.807, 2.05) is 13.0 Å². The van der Waals surface area contributed by atoms with Gasteiger partial charge < -0.3 is 14.4 Å². The number of ether oxygens (including phenoxy) is 1. The van der Waals surface area contributed by atoms with Crippen LogP contribution in [-0.2, 0) is 17.9 Å². The zero-order chi connectivity index (χ0) is 13.0. The molecule has 0 radical (unpaired) electrons. The molecule has 19 heavy (non-hydrogen) atoms. The number of hydrogen-bond donors (Lipinski definition) is 1. The molecule has 5 heteroatoms. The Morgan fingerprint density at radius 3 is 3.11 bits per heavy atom. The quantitative estimate of drug-likeness (QED) is 0.668. The van der Waals surface area contributed by atoms with Crippen molar-refractivity contribution in [3.05, 3.63) is 29.7 Å². The van der Waals surface area contributed by atoms with Gasteiger partial charge in [-0.05, 0) is 19.1 Å². The van der Waals surface area contributed by atoms with E-state index in [0.29, 0.717) is 19.0 Å². The van der Waals surface area contributed by atoms with Crippen LogP contribution in [0.2, 0.25) is 0 Å². The molecule has 1 aromatic carbocycles. The Morgan fingerprint density at radius 1 is 1.32 bits per heavy atom. The second kappa shape index (κ2) is 3.68. The zero-order valence-electron chi connectivity index (χ0n) is 10.6. The van der Waals surface area contributed by atoms with Crippen LogP contribution < -0.4 is 0 Å². The summed E-state index contributed by atoms with van der Waals surface area (Å²) in [6, 6.07) is 3.53. The van der Waals surface area contributed by atoms with Crippen molar-refractivity contribution in [2.24, 2.45) is 0 Å². The van der Waals surface area contributed by atoms with Gasteiger partial charge in [0.1, 0.15) is 23.7 Å². The van der Waals surface area contributed by atoms with Crippen LogP contribution in [0, 0.1) is 6.92 Å². The standard InChI is InChI=1S/C14H13N3O2/c1-8-11(18)3-2-9-13(8)14-10(6-15-9)16-12-7-19-5-4-17(12)14/h2-3,6,18H,4-5,7H2,1H3. The summed E-state index contributed by atoms with van der Waals surface area (Å²) in [6.07, 6.45) is 1.79. The van der Waals surface area contributed by atoms with E-state index in [2.05, 4.69) is 14.5 Å². The summed E-state index contributed by atoms with van der Waals surface area (Å²) in [5, 5.41) is 10.9. The predicted molar refractivity (Wildman–Crippen MR) is 71.1 cm³/mol. The predicted octanol–water partition coefficient (Wildman–Crippen LogP) is 2.13. The number of aromatic nitrogens is 3. The Labute approximate surface area is 109 Å². The highest BCUT2D eigenvalue weighted by atomic mass is 16.5. The Balaban J connectivity index is 2.23. The first kappa shape index (κ1) is 10.8. The third-order valence-corrected chi connectivity index (χ3v) is 3.74. The molecular weight excluding hydrogens is 242 g/mol. The van der Waals surface area contributed by atoms with Crippen molar-refractivity contribution in [2.75, 3.05) is 6.61 Å². The molecule has 0 fully saturated rings. The Morgan fingerprint density at radius 2 is 2.21 bits per heavy atom. The van der Waals surface area contributed by atoms with Gasteiger partial charge in [-0.25, -0.2) is 4.98 Å². The maximum Gasteiger partial charge on any atom is 0.136 e. The monoisotopic (exact) mass is 255 g/mol. The van der Waals surface area contributed by atoms with Gasteiger partial charge in [0.2, 0.25) is 0 Å². The molecule has 2 aromatic heterocycles. The highest BCUT2D eigenvalue weighted by molar-refractivity contribution is 6.05. The largest absolute Gasteiger partial charge is 0.508 e. The Hall–Kier alpha value is -2.14. The van der Waals surface area contributed by atoms with Gasteiger partial charge in [-0.2, -0.15) is 0 Å². The molecule has 0 amide bonds. The molecule has 3 heterocycles. The van der Waals surface area contributed by atoms with Gasteiger partial charge >= 0.3 is 0 Å². The Kier molecular flexibility index (Phi) is 2.08. The van der Waals surface area contributed by atoms with Crippen LogP contribution in [0.4, 0.5) is 0 Å². The maximum absolute atomic E-state index is 9.94. The van der Waals surface area contributed by atoms with Crippen molar-refractivity contribution in [3.63, 3.8) is 0 Å². The number of phenolic OH excluding ortho intramolecular Hbond substituents is 1. The number of hydrogen-bond acceptors (Lipinski definition) is 4. The van der Waals surface area contributed by atoms with Crippen LogP contribution in [0.5, 0.6) is 5.75 Å². The Bertz CT molecular complexity index is 807. The molecule has 0 spiro atoms. The first-order chi connectivity index (χ1) is 9.25. The van der Waals surface area contributed by atoms with Crippen LogP contribution in [-0.4, -0.2) is 26.2 Å². The maximum atomic E-state index is 9.94. The number of phenols is 1. The lowest BCUT2D eigenvalue weighted by Crippen LogP contribution is -2.16. The fraction of sp³-hybridized carbons (Fsp3) is 0.286. The molecular formula is C14H13N3O2. The van der Waals surface area contributed by atoms with E-state index in [-0.39, 0.29) is 0 Å². The van der Waals surface area contributed by atoms with Gasteiger partial charge in [0.15, 0.2) is 0 Å².